The van der Waals surface area contributed by atoms with E-state index in [4.69, 9.17) is 5.73 Å². The molecule has 0 radical (unpaired) electrons. The molecule has 7 nitrogen and oxygen atoms in total. The van der Waals surface area contributed by atoms with E-state index in [1.54, 1.807) is 6.92 Å². The van der Waals surface area contributed by atoms with Crippen molar-refractivity contribution in [2.24, 2.45) is 0 Å². The molecule has 0 fully saturated rings. The highest BCUT2D eigenvalue weighted by Gasteiger charge is 2.14. The number of nitrogen functional groups attached to an aromatic ring is 1. The summed E-state index contributed by atoms with van der Waals surface area (Å²) in [6.07, 6.45) is 1.59. The van der Waals surface area contributed by atoms with Gasteiger partial charge in [0.1, 0.15) is 9.84 Å². The molecule has 4 N–H and O–H groups in total. The Hall–Kier alpha value is -1.32. The molecule has 0 unspecified atom stereocenters. The molecule has 0 amide bonds. The Morgan fingerprint density at radius 1 is 1.19 bits per heavy atom. The molecule has 9 heteroatoms. The molecule has 0 atom stereocenters. The molecule has 1 rings (SSSR count). The van der Waals surface area contributed by atoms with E-state index in [9.17, 15) is 16.8 Å². The third kappa shape index (κ3) is 5.90. The molecule has 0 aliphatic rings. The van der Waals surface area contributed by atoms with E-state index in [1.165, 1.54) is 24.5 Å². The fourth-order valence-electron chi connectivity index (χ4n) is 1.69. The normalized spacial score (nSPS) is 12.3. The molecule has 0 aliphatic heterocycles. The number of nitrogens with two attached hydrogens (primary N) is 1. The van der Waals surface area contributed by atoms with Gasteiger partial charge in [-0.25, -0.2) is 21.6 Å². The standard InChI is InChI=1S/C12H21N3O4S2/c1-3-15-21(18,19)10-5-6-11(13)12(9-10)14-7-4-8-20(2,16)17/h5-6,9,14-15H,3-4,7-8,13H2,1-2H3. The molecule has 0 saturated heterocycles. The van der Waals surface area contributed by atoms with Crippen molar-refractivity contribution in [3.8, 4) is 0 Å². The highest BCUT2D eigenvalue weighted by Crippen LogP contribution is 2.22. The Bertz CT molecular complexity index is 684. The zero-order valence-electron chi connectivity index (χ0n) is 12.1. The fourth-order valence-corrected chi connectivity index (χ4v) is 3.42. The predicted octanol–water partition coefficient (Wildman–Crippen LogP) is 0.414. The average molecular weight is 335 g/mol. The largest absolute Gasteiger partial charge is 0.397 e. The van der Waals surface area contributed by atoms with Gasteiger partial charge < -0.3 is 11.1 Å². The summed E-state index contributed by atoms with van der Waals surface area (Å²) in [5, 5.41) is 2.96. The van der Waals surface area contributed by atoms with Gasteiger partial charge in [-0.1, -0.05) is 6.92 Å². The first-order chi connectivity index (χ1) is 9.65. The minimum atomic E-state index is -3.54. The zero-order valence-corrected chi connectivity index (χ0v) is 13.7. The number of rotatable bonds is 8. The van der Waals surface area contributed by atoms with Crippen molar-refractivity contribution in [2.45, 2.75) is 18.2 Å². The Kier molecular flexibility index (Phi) is 5.99. The molecule has 0 saturated carbocycles. The van der Waals surface area contributed by atoms with Crippen molar-refractivity contribution in [3.63, 3.8) is 0 Å². The topological polar surface area (TPSA) is 118 Å². The minimum Gasteiger partial charge on any atom is -0.397 e. The summed E-state index contributed by atoms with van der Waals surface area (Å²) in [5.74, 6) is 0.0648. The first kappa shape index (κ1) is 17.7. The van der Waals surface area contributed by atoms with Gasteiger partial charge in [-0.05, 0) is 24.6 Å². The second-order valence-electron chi connectivity index (χ2n) is 4.66. The Balaban J connectivity index is 2.79. The molecule has 0 bridgehead atoms. The molecular formula is C12H21N3O4S2. The van der Waals surface area contributed by atoms with Crippen LogP contribution in [0.15, 0.2) is 23.1 Å². The lowest BCUT2D eigenvalue weighted by Gasteiger charge is -2.11. The number of hydrogen-bond acceptors (Lipinski definition) is 6. The van der Waals surface area contributed by atoms with E-state index in [1.807, 2.05) is 0 Å². The Labute approximate surface area is 125 Å². The summed E-state index contributed by atoms with van der Waals surface area (Å²) in [7, 11) is -6.55. The van der Waals surface area contributed by atoms with Crippen molar-refractivity contribution < 1.29 is 16.8 Å². The molecule has 0 aromatic heterocycles. The van der Waals surface area contributed by atoms with E-state index >= 15 is 0 Å². The second kappa shape index (κ2) is 7.10. The SMILES string of the molecule is CCNS(=O)(=O)c1ccc(N)c(NCCCS(C)(=O)=O)c1. The third-order valence-corrected chi connectivity index (χ3v) is 5.25. The van der Waals surface area contributed by atoms with Gasteiger partial charge in [-0.2, -0.15) is 0 Å². The van der Waals surface area contributed by atoms with Crippen LogP contribution in [0.1, 0.15) is 13.3 Å². The van der Waals surface area contributed by atoms with Crippen molar-refractivity contribution in [1.82, 2.24) is 4.72 Å². The lowest BCUT2D eigenvalue weighted by atomic mass is 10.2. The van der Waals surface area contributed by atoms with Crippen LogP contribution in [0.5, 0.6) is 0 Å². The maximum Gasteiger partial charge on any atom is 0.240 e. The number of sulfonamides is 1. The first-order valence-corrected chi connectivity index (χ1v) is 10.0. The van der Waals surface area contributed by atoms with Crippen LogP contribution in [0.2, 0.25) is 0 Å². The monoisotopic (exact) mass is 335 g/mol. The van der Waals surface area contributed by atoms with Gasteiger partial charge in [0.05, 0.1) is 22.0 Å². The van der Waals surface area contributed by atoms with Gasteiger partial charge in [0, 0.05) is 19.3 Å². The van der Waals surface area contributed by atoms with E-state index in [0.29, 0.717) is 30.9 Å². The van der Waals surface area contributed by atoms with Crippen LogP contribution in [-0.4, -0.2) is 41.9 Å². The predicted molar refractivity (Wildman–Crippen MR) is 84.5 cm³/mol. The Morgan fingerprint density at radius 2 is 1.86 bits per heavy atom. The molecule has 21 heavy (non-hydrogen) atoms. The number of hydrogen-bond donors (Lipinski definition) is 3. The van der Waals surface area contributed by atoms with Gasteiger partial charge >= 0.3 is 0 Å². The smallest absolute Gasteiger partial charge is 0.240 e. The van der Waals surface area contributed by atoms with Crippen LogP contribution in [0, 0.1) is 0 Å². The number of anilines is 2. The second-order valence-corrected chi connectivity index (χ2v) is 8.69. The van der Waals surface area contributed by atoms with Gasteiger partial charge in [0.25, 0.3) is 0 Å². The maximum atomic E-state index is 11.9. The summed E-state index contributed by atoms with van der Waals surface area (Å²) in [6, 6.07) is 4.37. The van der Waals surface area contributed by atoms with Crippen LogP contribution in [0.25, 0.3) is 0 Å². The molecule has 1 aromatic carbocycles. The zero-order chi connectivity index (χ0) is 16.1. The molecule has 0 spiro atoms. The highest BCUT2D eigenvalue weighted by atomic mass is 32.2. The minimum absolute atomic E-state index is 0.0648. The van der Waals surface area contributed by atoms with E-state index in [-0.39, 0.29) is 10.6 Å². The lowest BCUT2D eigenvalue weighted by Crippen LogP contribution is -2.23. The molecule has 0 aliphatic carbocycles. The van der Waals surface area contributed by atoms with Crippen LogP contribution >= 0.6 is 0 Å². The van der Waals surface area contributed by atoms with Crippen LogP contribution in [-0.2, 0) is 19.9 Å². The van der Waals surface area contributed by atoms with Gasteiger partial charge in [-0.15, -0.1) is 0 Å². The summed E-state index contributed by atoms with van der Waals surface area (Å²) in [4.78, 5) is 0.115. The van der Waals surface area contributed by atoms with Crippen LogP contribution < -0.4 is 15.8 Å². The van der Waals surface area contributed by atoms with Crippen molar-refractivity contribution >= 4 is 31.2 Å². The molecule has 0 heterocycles. The van der Waals surface area contributed by atoms with Crippen molar-refractivity contribution in [1.29, 1.82) is 0 Å². The molecule has 1 aromatic rings. The van der Waals surface area contributed by atoms with Gasteiger partial charge in [0.2, 0.25) is 10.0 Å². The summed E-state index contributed by atoms with van der Waals surface area (Å²) < 4.78 is 48.2. The first-order valence-electron chi connectivity index (χ1n) is 6.46. The lowest BCUT2D eigenvalue weighted by molar-refractivity contribution is 0.584. The number of benzene rings is 1. The maximum absolute atomic E-state index is 11.9. The summed E-state index contributed by atoms with van der Waals surface area (Å²) in [5.41, 5.74) is 6.66. The van der Waals surface area contributed by atoms with Crippen LogP contribution in [0.3, 0.4) is 0 Å². The molecule has 120 valence electrons. The number of sulfone groups is 1. The number of nitrogens with one attached hydrogen (secondary N) is 2. The average Bonchev–Trinajstić information content (AvgIpc) is 2.35. The van der Waals surface area contributed by atoms with Gasteiger partial charge in [0.15, 0.2) is 0 Å². The van der Waals surface area contributed by atoms with Crippen molar-refractivity contribution in [2.75, 3.05) is 36.1 Å². The van der Waals surface area contributed by atoms with E-state index in [0.717, 1.165) is 0 Å². The van der Waals surface area contributed by atoms with E-state index in [2.05, 4.69) is 10.0 Å². The third-order valence-electron chi connectivity index (χ3n) is 2.68. The summed E-state index contributed by atoms with van der Waals surface area (Å²) in [6.45, 7) is 2.38. The van der Waals surface area contributed by atoms with Crippen LogP contribution in [0.4, 0.5) is 11.4 Å². The summed E-state index contributed by atoms with van der Waals surface area (Å²) >= 11 is 0. The molecular weight excluding hydrogens is 314 g/mol. The highest BCUT2D eigenvalue weighted by molar-refractivity contribution is 7.90. The Morgan fingerprint density at radius 3 is 2.43 bits per heavy atom. The van der Waals surface area contributed by atoms with E-state index < -0.39 is 19.9 Å². The fraction of sp³-hybridized carbons (Fsp3) is 0.500. The van der Waals surface area contributed by atoms with Gasteiger partial charge in [-0.3, -0.25) is 0 Å². The quantitative estimate of drug-likeness (QED) is 0.468. The van der Waals surface area contributed by atoms with Crippen molar-refractivity contribution in [3.05, 3.63) is 18.2 Å².